The van der Waals surface area contributed by atoms with Crippen LogP contribution in [0.2, 0.25) is 10.0 Å². The van der Waals surface area contributed by atoms with Crippen LogP contribution in [0.15, 0.2) is 36.0 Å². The van der Waals surface area contributed by atoms with Gasteiger partial charge in [0.05, 0.1) is 22.8 Å². The zero-order chi connectivity index (χ0) is 12.8. The Morgan fingerprint density at radius 2 is 2.06 bits per heavy atom. The monoisotopic (exact) mass is 270 g/mol. The predicted octanol–water partition coefficient (Wildman–Crippen LogP) is 2.71. The van der Waals surface area contributed by atoms with Gasteiger partial charge in [-0.15, -0.1) is 6.58 Å². The summed E-state index contributed by atoms with van der Waals surface area (Å²) in [5.41, 5.74) is 5.93. The van der Waals surface area contributed by atoms with Crippen molar-refractivity contribution in [2.24, 2.45) is 10.8 Å². The summed E-state index contributed by atoms with van der Waals surface area (Å²) < 4.78 is 0. The molecule has 90 valence electrons. The van der Waals surface area contributed by atoms with E-state index in [4.69, 9.17) is 34.3 Å². The number of nitrogens with one attached hydrogen (secondary N) is 1. The van der Waals surface area contributed by atoms with Gasteiger partial charge < -0.3 is 5.73 Å². The molecule has 0 aliphatic rings. The van der Waals surface area contributed by atoms with Gasteiger partial charge in [0.25, 0.3) is 0 Å². The molecule has 0 fully saturated rings. The third kappa shape index (κ3) is 3.76. The van der Waals surface area contributed by atoms with Gasteiger partial charge in [-0.2, -0.15) is 5.10 Å². The molecule has 0 unspecified atom stereocenters. The Bertz CT molecular complexity index is 437. The molecule has 0 aromatic heterocycles. The van der Waals surface area contributed by atoms with Gasteiger partial charge in [0.15, 0.2) is 0 Å². The van der Waals surface area contributed by atoms with Gasteiger partial charge in [-0.1, -0.05) is 35.3 Å². The first-order valence-electron chi connectivity index (χ1n) is 4.76. The summed E-state index contributed by atoms with van der Waals surface area (Å²) in [7, 11) is 0. The van der Waals surface area contributed by atoms with E-state index in [1.54, 1.807) is 24.3 Å². The van der Waals surface area contributed by atoms with Gasteiger partial charge in [-0.25, -0.2) is 5.01 Å². The van der Waals surface area contributed by atoms with Crippen LogP contribution in [-0.4, -0.2) is 23.7 Å². The molecule has 6 heteroatoms. The maximum atomic E-state index is 7.30. The second-order valence-electron chi connectivity index (χ2n) is 3.14. The normalized spacial score (nSPS) is 10.5. The van der Waals surface area contributed by atoms with E-state index in [1.807, 2.05) is 0 Å². The minimum atomic E-state index is -0.177. The van der Waals surface area contributed by atoms with Gasteiger partial charge in [0, 0.05) is 5.56 Å². The van der Waals surface area contributed by atoms with Crippen LogP contribution in [0.1, 0.15) is 5.56 Å². The molecule has 1 aromatic rings. The van der Waals surface area contributed by atoms with E-state index in [2.05, 4.69) is 11.7 Å². The molecule has 17 heavy (non-hydrogen) atoms. The number of hydrogen-bond acceptors (Lipinski definition) is 2. The van der Waals surface area contributed by atoms with Gasteiger partial charge in [-0.3, -0.25) is 5.41 Å². The number of hydrazone groups is 1. The molecule has 0 saturated carbocycles. The predicted molar refractivity (Wildman–Crippen MR) is 72.9 cm³/mol. The molecular formula is C11H12Cl2N4. The number of rotatable bonds is 4. The van der Waals surface area contributed by atoms with Crippen LogP contribution in [0, 0.1) is 5.41 Å². The van der Waals surface area contributed by atoms with Crippen LogP contribution in [0.3, 0.4) is 0 Å². The first-order chi connectivity index (χ1) is 8.06. The van der Waals surface area contributed by atoms with Crippen LogP contribution in [0.4, 0.5) is 0 Å². The van der Waals surface area contributed by atoms with Crippen molar-refractivity contribution < 1.29 is 0 Å². The number of guanidine groups is 1. The van der Waals surface area contributed by atoms with Crippen molar-refractivity contribution in [2.45, 2.75) is 0 Å². The van der Waals surface area contributed by atoms with Crippen molar-refractivity contribution in [1.29, 1.82) is 5.41 Å². The van der Waals surface area contributed by atoms with Crippen molar-refractivity contribution in [1.82, 2.24) is 5.01 Å². The lowest BCUT2D eigenvalue weighted by Gasteiger charge is -2.13. The fraction of sp³-hybridized carbons (Fsp3) is 0.0909. The van der Waals surface area contributed by atoms with E-state index in [0.717, 1.165) is 0 Å². The second-order valence-corrected chi connectivity index (χ2v) is 3.95. The first-order valence-corrected chi connectivity index (χ1v) is 5.52. The lowest BCUT2D eigenvalue weighted by atomic mass is 10.2. The highest BCUT2D eigenvalue weighted by Crippen LogP contribution is 2.22. The maximum absolute atomic E-state index is 7.30. The average molecular weight is 271 g/mol. The summed E-state index contributed by atoms with van der Waals surface area (Å²) in [6, 6.07) is 5.16. The van der Waals surface area contributed by atoms with Gasteiger partial charge >= 0.3 is 0 Å². The van der Waals surface area contributed by atoms with Crippen molar-refractivity contribution in [3.63, 3.8) is 0 Å². The largest absolute Gasteiger partial charge is 0.369 e. The molecule has 0 amide bonds. The molecule has 0 spiro atoms. The molecule has 0 heterocycles. The quantitative estimate of drug-likeness (QED) is 0.382. The zero-order valence-corrected chi connectivity index (χ0v) is 10.5. The van der Waals surface area contributed by atoms with Crippen LogP contribution in [0.5, 0.6) is 0 Å². The van der Waals surface area contributed by atoms with E-state index >= 15 is 0 Å². The summed E-state index contributed by atoms with van der Waals surface area (Å²) in [4.78, 5) is 0. The summed E-state index contributed by atoms with van der Waals surface area (Å²) in [6.07, 6.45) is 3.06. The average Bonchev–Trinajstić information content (AvgIpc) is 2.26. The van der Waals surface area contributed by atoms with Crippen molar-refractivity contribution >= 4 is 35.4 Å². The highest BCUT2D eigenvalue weighted by atomic mass is 35.5. The van der Waals surface area contributed by atoms with E-state index in [9.17, 15) is 0 Å². The topological polar surface area (TPSA) is 65.5 Å². The fourth-order valence-corrected chi connectivity index (χ4v) is 1.59. The third-order valence-electron chi connectivity index (χ3n) is 1.91. The van der Waals surface area contributed by atoms with E-state index < -0.39 is 0 Å². The number of nitrogens with two attached hydrogens (primary N) is 1. The summed E-state index contributed by atoms with van der Waals surface area (Å²) in [5.74, 6) is -0.177. The Morgan fingerprint density at radius 3 is 2.53 bits per heavy atom. The van der Waals surface area contributed by atoms with Crippen molar-refractivity contribution in [3.05, 3.63) is 46.5 Å². The Hall–Kier alpha value is -1.52. The fourth-order valence-electron chi connectivity index (χ4n) is 1.09. The molecule has 0 bridgehead atoms. The van der Waals surface area contributed by atoms with Crippen LogP contribution >= 0.6 is 23.2 Å². The molecule has 0 atom stereocenters. The van der Waals surface area contributed by atoms with E-state index in [0.29, 0.717) is 22.2 Å². The van der Waals surface area contributed by atoms with Crippen molar-refractivity contribution in [2.75, 3.05) is 6.54 Å². The molecule has 3 N–H and O–H groups in total. The summed E-state index contributed by atoms with van der Waals surface area (Å²) in [6.45, 7) is 3.89. The molecule has 0 aliphatic heterocycles. The minimum absolute atomic E-state index is 0.177. The second kappa shape index (κ2) is 6.27. The minimum Gasteiger partial charge on any atom is -0.369 e. The molecule has 0 saturated heterocycles. The maximum Gasteiger partial charge on any atom is 0.209 e. The lowest BCUT2D eigenvalue weighted by Crippen LogP contribution is -2.32. The smallest absolute Gasteiger partial charge is 0.209 e. The van der Waals surface area contributed by atoms with Gasteiger partial charge in [0.1, 0.15) is 0 Å². The Labute approximate surface area is 110 Å². The zero-order valence-electron chi connectivity index (χ0n) is 9.03. The Balaban J connectivity index is 2.95. The van der Waals surface area contributed by atoms with Gasteiger partial charge in [-0.05, 0) is 12.1 Å². The molecule has 4 nitrogen and oxygen atoms in total. The molecule has 1 rings (SSSR count). The van der Waals surface area contributed by atoms with Crippen LogP contribution < -0.4 is 5.73 Å². The van der Waals surface area contributed by atoms with Crippen molar-refractivity contribution in [3.8, 4) is 0 Å². The SMILES string of the molecule is C=CCN(/N=C/c1c(Cl)cccc1Cl)C(=N)N. The van der Waals surface area contributed by atoms with Crippen LogP contribution in [-0.2, 0) is 0 Å². The number of hydrogen-bond donors (Lipinski definition) is 2. The molecular weight excluding hydrogens is 259 g/mol. The van der Waals surface area contributed by atoms with E-state index in [-0.39, 0.29) is 5.96 Å². The highest BCUT2D eigenvalue weighted by molar-refractivity contribution is 6.38. The first kappa shape index (κ1) is 13.5. The summed E-state index contributed by atoms with van der Waals surface area (Å²) >= 11 is 11.9. The molecule has 0 radical (unpaired) electrons. The highest BCUT2D eigenvalue weighted by Gasteiger charge is 2.04. The Morgan fingerprint density at radius 1 is 1.47 bits per heavy atom. The number of benzene rings is 1. The number of halogens is 2. The lowest BCUT2D eigenvalue weighted by molar-refractivity contribution is 0.488. The van der Waals surface area contributed by atoms with E-state index in [1.165, 1.54) is 11.2 Å². The third-order valence-corrected chi connectivity index (χ3v) is 2.57. The van der Waals surface area contributed by atoms with Crippen LogP contribution in [0.25, 0.3) is 0 Å². The summed E-state index contributed by atoms with van der Waals surface area (Å²) in [5, 5.41) is 13.6. The Kier molecular flexibility index (Phi) is 5.00. The van der Waals surface area contributed by atoms with Gasteiger partial charge in [0.2, 0.25) is 5.96 Å². The standard InChI is InChI=1S/C11H12Cl2N4/c1-2-6-17(11(14)15)16-7-8-9(12)4-3-5-10(8)13/h2-5,7H,1,6H2,(H3,14,15)/b16-7+. The molecule has 0 aliphatic carbocycles. The molecule has 1 aromatic carbocycles. The number of nitrogens with zero attached hydrogens (tertiary/aromatic N) is 2.